The Morgan fingerprint density at radius 3 is 2.90 bits per heavy atom. The Kier molecular flexibility index (Phi) is 4.89. The third-order valence-corrected chi connectivity index (χ3v) is 5.45. The molecule has 1 nitrogen and oxygen atoms in total. The molecule has 0 spiro atoms. The van der Waals surface area contributed by atoms with Gasteiger partial charge in [-0.2, -0.15) is 0 Å². The van der Waals surface area contributed by atoms with E-state index in [2.05, 4.69) is 48.6 Å². The molecule has 0 bridgehead atoms. The van der Waals surface area contributed by atoms with Gasteiger partial charge in [-0.15, -0.1) is 0 Å². The summed E-state index contributed by atoms with van der Waals surface area (Å²) in [6.45, 7) is 3.44. The number of halogens is 1. The molecule has 0 radical (unpaired) electrons. The van der Waals surface area contributed by atoms with Crippen LogP contribution in [0.25, 0.3) is 0 Å². The molecule has 2 N–H and O–H groups in total. The van der Waals surface area contributed by atoms with Gasteiger partial charge in [0, 0.05) is 26.8 Å². The van der Waals surface area contributed by atoms with E-state index in [1.54, 1.807) is 0 Å². The molecule has 0 fully saturated rings. The normalized spacial score (nSPS) is 17.0. The first-order valence-corrected chi connectivity index (χ1v) is 8.86. The number of nitrogens with two attached hydrogens (primary N) is 1. The first-order valence-electron chi connectivity index (χ1n) is 7.66. The summed E-state index contributed by atoms with van der Waals surface area (Å²) in [5, 5.41) is 3.34. The average Bonchev–Trinajstić information content (AvgIpc) is 2.64. The molecule has 3 rings (SSSR count). The number of unbranched alkanes of at least 4 members (excludes halogenated alkanes) is 1. The number of rotatable bonds is 4. The van der Waals surface area contributed by atoms with Crippen molar-refractivity contribution in [2.24, 2.45) is 0 Å². The molecule has 1 aliphatic rings. The first kappa shape index (κ1) is 15.0. The van der Waals surface area contributed by atoms with Crippen LogP contribution in [0.1, 0.15) is 36.9 Å². The zero-order valence-electron chi connectivity index (χ0n) is 12.3. The Bertz CT molecular complexity index is 626. The molecule has 21 heavy (non-hydrogen) atoms. The second kappa shape index (κ2) is 6.87. The van der Waals surface area contributed by atoms with Crippen LogP contribution in [0.5, 0.6) is 0 Å². The van der Waals surface area contributed by atoms with E-state index >= 15 is 0 Å². The fourth-order valence-corrected chi connectivity index (χ4v) is 4.21. The van der Waals surface area contributed by atoms with Gasteiger partial charge < -0.3 is 5.32 Å². The van der Waals surface area contributed by atoms with E-state index in [1.807, 2.05) is 17.8 Å². The summed E-state index contributed by atoms with van der Waals surface area (Å²) in [6.07, 6.45) is 3.58. The van der Waals surface area contributed by atoms with Crippen molar-refractivity contribution in [2.45, 2.75) is 42.0 Å². The third-order valence-electron chi connectivity index (χ3n) is 4.01. The molecule has 110 valence electrons. The van der Waals surface area contributed by atoms with Gasteiger partial charge in [0.1, 0.15) is 6.04 Å². The maximum absolute atomic E-state index is 6.20. The van der Waals surface area contributed by atoms with Crippen molar-refractivity contribution in [3.63, 3.8) is 0 Å². The SMILES string of the molecule is CCCC[NH2+][C@H]1Cc2cc(Cl)ccc2Sc2ccccc21. The summed E-state index contributed by atoms with van der Waals surface area (Å²) in [4.78, 5) is 2.73. The second-order valence-corrected chi connectivity index (χ2v) is 7.10. The Hall–Kier alpha value is -0.960. The minimum Gasteiger partial charge on any atom is -0.340 e. The quantitative estimate of drug-likeness (QED) is 0.824. The van der Waals surface area contributed by atoms with Crippen LogP contribution in [-0.4, -0.2) is 6.54 Å². The summed E-state index contributed by atoms with van der Waals surface area (Å²) in [5.74, 6) is 0. The van der Waals surface area contributed by atoms with Gasteiger partial charge in [0.05, 0.1) is 6.54 Å². The van der Waals surface area contributed by atoms with Crippen LogP contribution in [0.3, 0.4) is 0 Å². The van der Waals surface area contributed by atoms with Crippen LogP contribution >= 0.6 is 23.4 Å². The molecule has 0 amide bonds. The summed E-state index contributed by atoms with van der Waals surface area (Å²) in [6, 6.07) is 15.6. The van der Waals surface area contributed by atoms with Crippen LogP contribution in [0.2, 0.25) is 5.02 Å². The largest absolute Gasteiger partial charge is 0.340 e. The van der Waals surface area contributed by atoms with Crippen molar-refractivity contribution in [3.05, 3.63) is 58.6 Å². The topological polar surface area (TPSA) is 16.6 Å². The Morgan fingerprint density at radius 2 is 2.05 bits per heavy atom. The van der Waals surface area contributed by atoms with Gasteiger partial charge in [-0.3, -0.25) is 0 Å². The van der Waals surface area contributed by atoms with Gasteiger partial charge in [-0.1, -0.05) is 54.9 Å². The molecule has 0 unspecified atom stereocenters. The van der Waals surface area contributed by atoms with Gasteiger partial charge in [-0.05, 0) is 36.2 Å². The zero-order chi connectivity index (χ0) is 14.7. The summed E-state index contributed by atoms with van der Waals surface area (Å²) < 4.78 is 0. The van der Waals surface area contributed by atoms with Crippen LogP contribution in [-0.2, 0) is 6.42 Å². The number of quaternary nitrogens is 1. The molecule has 1 heterocycles. The maximum Gasteiger partial charge on any atom is 0.117 e. The smallest absolute Gasteiger partial charge is 0.117 e. The second-order valence-electron chi connectivity index (χ2n) is 5.58. The lowest BCUT2D eigenvalue weighted by atomic mass is 9.98. The van der Waals surface area contributed by atoms with E-state index in [-0.39, 0.29) is 0 Å². The molecule has 1 atom stereocenters. The van der Waals surface area contributed by atoms with Gasteiger partial charge in [0.15, 0.2) is 0 Å². The molecule has 0 saturated carbocycles. The molecule has 0 aliphatic carbocycles. The van der Waals surface area contributed by atoms with Gasteiger partial charge in [0.2, 0.25) is 0 Å². The first-order chi connectivity index (χ1) is 10.3. The average molecular weight is 319 g/mol. The highest BCUT2D eigenvalue weighted by atomic mass is 35.5. The molecule has 0 aromatic heterocycles. The molecular formula is C18H21ClNS+. The van der Waals surface area contributed by atoms with E-state index < -0.39 is 0 Å². The van der Waals surface area contributed by atoms with Crippen LogP contribution in [0, 0.1) is 0 Å². The van der Waals surface area contributed by atoms with Crippen molar-refractivity contribution >= 4 is 23.4 Å². The lowest BCUT2D eigenvalue weighted by Gasteiger charge is -2.16. The van der Waals surface area contributed by atoms with Gasteiger partial charge in [0.25, 0.3) is 0 Å². The molecule has 3 heteroatoms. The molecule has 1 aliphatic heterocycles. The van der Waals surface area contributed by atoms with Crippen molar-refractivity contribution in [1.29, 1.82) is 0 Å². The fourth-order valence-electron chi connectivity index (χ4n) is 2.89. The van der Waals surface area contributed by atoms with Crippen LogP contribution in [0.15, 0.2) is 52.3 Å². The Labute approximate surface area is 136 Å². The van der Waals surface area contributed by atoms with Crippen molar-refractivity contribution in [2.75, 3.05) is 6.54 Å². The van der Waals surface area contributed by atoms with E-state index in [4.69, 9.17) is 11.6 Å². The highest BCUT2D eigenvalue weighted by Crippen LogP contribution is 2.40. The maximum atomic E-state index is 6.20. The summed E-state index contributed by atoms with van der Waals surface area (Å²) in [5.41, 5.74) is 2.84. The van der Waals surface area contributed by atoms with Crippen molar-refractivity contribution in [1.82, 2.24) is 0 Å². The van der Waals surface area contributed by atoms with Crippen LogP contribution in [0.4, 0.5) is 0 Å². The minimum absolute atomic E-state index is 0.500. The van der Waals surface area contributed by atoms with Crippen molar-refractivity contribution < 1.29 is 5.32 Å². The third kappa shape index (κ3) is 3.45. The zero-order valence-corrected chi connectivity index (χ0v) is 13.9. The Balaban J connectivity index is 1.95. The standard InChI is InChI=1S/C18H20ClNS/c1-2-3-10-20-16-12-13-11-14(19)8-9-17(13)21-18-7-5-4-6-15(16)18/h4-9,11,16,20H,2-3,10,12H2,1H3/p+1/t16-/m0/s1. The molecule has 2 aromatic rings. The summed E-state index contributed by atoms with van der Waals surface area (Å²) >= 11 is 8.07. The highest BCUT2D eigenvalue weighted by Gasteiger charge is 2.24. The predicted octanol–water partition coefficient (Wildman–Crippen LogP) is 4.45. The van der Waals surface area contributed by atoms with E-state index in [9.17, 15) is 0 Å². The van der Waals surface area contributed by atoms with Gasteiger partial charge in [-0.25, -0.2) is 0 Å². The summed E-state index contributed by atoms with van der Waals surface area (Å²) in [7, 11) is 0. The fraction of sp³-hybridized carbons (Fsp3) is 0.333. The Morgan fingerprint density at radius 1 is 1.19 bits per heavy atom. The predicted molar refractivity (Wildman–Crippen MR) is 90.2 cm³/mol. The van der Waals surface area contributed by atoms with Crippen molar-refractivity contribution in [3.8, 4) is 0 Å². The van der Waals surface area contributed by atoms with Crippen LogP contribution < -0.4 is 5.32 Å². The van der Waals surface area contributed by atoms with E-state index in [1.165, 1.54) is 40.3 Å². The monoisotopic (exact) mass is 318 g/mol. The number of hydrogen-bond acceptors (Lipinski definition) is 1. The number of fused-ring (bicyclic) bond motifs is 2. The van der Waals surface area contributed by atoms with E-state index in [0.717, 1.165) is 11.4 Å². The van der Waals surface area contributed by atoms with Gasteiger partial charge >= 0.3 is 0 Å². The molecule has 2 aromatic carbocycles. The highest BCUT2D eigenvalue weighted by molar-refractivity contribution is 7.99. The number of hydrogen-bond donors (Lipinski definition) is 1. The number of benzene rings is 2. The lowest BCUT2D eigenvalue weighted by molar-refractivity contribution is -0.696. The minimum atomic E-state index is 0.500. The van der Waals surface area contributed by atoms with E-state index in [0.29, 0.717) is 6.04 Å². The molecule has 0 saturated heterocycles. The lowest BCUT2D eigenvalue weighted by Crippen LogP contribution is -2.85. The molecular weight excluding hydrogens is 298 g/mol.